The van der Waals surface area contributed by atoms with Gasteiger partial charge in [-0.1, -0.05) is 62.9 Å². The van der Waals surface area contributed by atoms with Gasteiger partial charge in [0, 0.05) is 10.9 Å². The quantitative estimate of drug-likeness (QED) is 0.828. The van der Waals surface area contributed by atoms with Gasteiger partial charge in [-0.25, -0.2) is 0 Å². The van der Waals surface area contributed by atoms with Crippen molar-refractivity contribution in [3.8, 4) is 0 Å². The summed E-state index contributed by atoms with van der Waals surface area (Å²) >= 11 is 20.6. The van der Waals surface area contributed by atoms with E-state index < -0.39 is 9.39 Å². The van der Waals surface area contributed by atoms with Crippen molar-refractivity contribution >= 4 is 56.5 Å². The minimum absolute atomic E-state index is 0.264. The van der Waals surface area contributed by atoms with Crippen LogP contribution in [0.15, 0.2) is 28.7 Å². The lowest BCUT2D eigenvalue weighted by atomic mass is 9.90. The molecule has 94 valence electrons. The molecule has 0 aliphatic rings. The molecule has 1 N–H and O–H groups in total. The maximum absolute atomic E-state index is 11.2. The lowest BCUT2D eigenvalue weighted by molar-refractivity contribution is -0.122. The van der Waals surface area contributed by atoms with Crippen molar-refractivity contribution in [3.63, 3.8) is 0 Å². The van der Waals surface area contributed by atoms with E-state index in [-0.39, 0.29) is 12.2 Å². The molecule has 1 rings (SSSR count). The van der Waals surface area contributed by atoms with Crippen LogP contribution in [0.25, 0.3) is 0 Å². The van der Waals surface area contributed by atoms with Crippen LogP contribution in [0.2, 0.25) is 0 Å². The first-order chi connectivity index (χ1) is 7.67. The SMILES string of the molecule is CC(=O)C[C@](O)(c1cccc(Br)c1)C(Cl)(Cl)Cl. The van der Waals surface area contributed by atoms with Crippen molar-refractivity contribution in [1.82, 2.24) is 0 Å². The van der Waals surface area contributed by atoms with E-state index in [4.69, 9.17) is 34.8 Å². The van der Waals surface area contributed by atoms with E-state index in [1.54, 1.807) is 24.3 Å². The average Bonchev–Trinajstić information content (AvgIpc) is 2.14. The Balaban J connectivity index is 3.29. The number of hydrogen-bond donors (Lipinski definition) is 1. The Morgan fingerprint density at radius 3 is 2.41 bits per heavy atom. The molecule has 17 heavy (non-hydrogen) atoms. The highest BCUT2D eigenvalue weighted by Crippen LogP contribution is 2.47. The zero-order valence-corrected chi connectivity index (χ0v) is 12.7. The third-order valence-electron chi connectivity index (χ3n) is 2.28. The van der Waals surface area contributed by atoms with Crippen LogP contribution in [0.4, 0.5) is 0 Å². The topological polar surface area (TPSA) is 37.3 Å². The first-order valence-electron chi connectivity index (χ1n) is 4.71. The van der Waals surface area contributed by atoms with Crippen molar-refractivity contribution < 1.29 is 9.90 Å². The Kier molecular flexibility index (Phi) is 4.89. The van der Waals surface area contributed by atoms with Gasteiger partial charge in [0.2, 0.25) is 3.79 Å². The van der Waals surface area contributed by atoms with Gasteiger partial charge < -0.3 is 5.11 Å². The first kappa shape index (κ1) is 15.3. The zero-order chi connectivity index (χ0) is 13.3. The number of Topliss-reactive ketones (excluding diaryl/α,β-unsaturated/α-hetero) is 1. The van der Waals surface area contributed by atoms with E-state index in [0.29, 0.717) is 5.56 Å². The molecular formula is C11H10BrCl3O2. The molecule has 0 unspecified atom stereocenters. The normalized spacial score (nSPS) is 15.4. The number of rotatable bonds is 3. The maximum Gasteiger partial charge on any atom is 0.223 e. The van der Waals surface area contributed by atoms with Crippen molar-refractivity contribution in [3.05, 3.63) is 34.3 Å². The van der Waals surface area contributed by atoms with Gasteiger partial charge in [-0.3, -0.25) is 4.79 Å². The average molecular weight is 360 g/mol. The van der Waals surface area contributed by atoms with Gasteiger partial charge in [0.25, 0.3) is 0 Å². The lowest BCUT2D eigenvalue weighted by Gasteiger charge is -2.34. The number of aliphatic hydroxyl groups is 1. The molecule has 0 spiro atoms. The van der Waals surface area contributed by atoms with Crippen molar-refractivity contribution in [2.24, 2.45) is 0 Å². The third-order valence-corrected chi connectivity index (χ3v) is 3.71. The van der Waals surface area contributed by atoms with Crippen LogP contribution < -0.4 is 0 Å². The Labute approximate surface area is 123 Å². The second-order valence-electron chi connectivity index (χ2n) is 3.75. The molecule has 0 radical (unpaired) electrons. The molecule has 0 amide bonds. The maximum atomic E-state index is 11.2. The van der Waals surface area contributed by atoms with Gasteiger partial charge in [-0.15, -0.1) is 0 Å². The summed E-state index contributed by atoms with van der Waals surface area (Å²) in [4.78, 5) is 11.2. The Bertz CT molecular complexity index is 431. The number of hydrogen-bond acceptors (Lipinski definition) is 2. The molecule has 0 aliphatic heterocycles. The van der Waals surface area contributed by atoms with Gasteiger partial charge in [0.15, 0.2) is 0 Å². The summed E-state index contributed by atoms with van der Waals surface area (Å²) in [6.45, 7) is 1.33. The van der Waals surface area contributed by atoms with Crippen LogP contribution in [-0.4, -0.2) is 14.7 Å². The van der Waals surface area contributed by atoms with Gasteiger partial charge >= 0.3 is 0 Å². The van der Waals surface area contributed by atoms with Crippen LogP contribution in [-0.2, 0) is 10.4 Å². The molecule has 1 aromatic rings. The van der Waals surface area contributed by atoms with Crippen LogP contribution in [0.1, 0.15) is 18.9 Å². The lowest BCUT2D eigenvalue weighted by Crippen LogP contribution is -2.41. The largest absolute Gasteiger partial charge is 0.380 e. The standard InChI is InChI=1S/C11H10BrCl3O2/c1-7(16)6-10(17,11(13,14)15)8-3-2-4-9(12)5-8/h2-5,17H,6H2,1H3/t10-/m0/s1. The first-order valence-corrected chi connectivity index (χ1v) is 6.64. The minimum Gasteiger partial charge on any atom is -0.380 e. The number of benzene rings is 1. The Morgan fingerprint density at radius 2 is 2.00 bits per heavy atom. The van der Waals surface area contributed by atoms with Gasteiger partial charge in [0.1, 0.15) is 11.4 Å². The number of halogens is 4. The third kappa shape index (κ3) is 3.58. The smallest absolute Gasteiger partial charge is 0.223 e. The Morgan fingerprint density at radius 1 is 1.41 bits per heavy atom. The molecule has 0 saturated heterocycles. The molecule has 0 aromatic heterocycles. The highest BCUT2D eigenvalue weighted by atomic mass is 79.9. The minimum atomic E-state index is -1.99. The van der Waals surface area contributed by atoms with Gasteiger partial charge in [0.05, 0.1) is 0 Å². The molecule has 0 bridgehead atoms. The molecule has 2 nitrogen and oxygen atoms in total. The summed E-state index contributed by atoms with van der Waals surface area (Å²) in [6, 6.07) is 6.69. The van der Waals surface area contributed by atoms with E-state index in [0.717, 1.165) is 4.47 Å². The van der Waals surface area contributed by atoms with E-state index in [1.165, 1.54) is 6.92 Å². The molecule has 6 heteroatoms. The Hall–Kier alpha value is 0.200. The fraction of sp³-hybridized carbons (Fsp3) is 0.364. The summed E-state index contributed by atoms with van der Waals surface area (Å²) in [7, 11) is 0. The fourth-order valence-corrected chi connectivity index (χ4v) is 2.40. The molecule has 1 atom stereocenters. The summed E-state index contributed by atoms with van der Waals surface area (Å²) in [5.74, 6) is -0.265. The van der Waals surface area contributed by atoms with E-state index in [9.17, 15) is 9.90 Å². The predicted molar refractivity (Wildman–Crippen MR) is 73.6 cm³/mol. The van der Waals surface area contributed by atoms with Gasteiger partial charge in [-0.2, -0.15) is 0 Å². The highest BCUT2D eigenvalue weighted by Gasteiger charge is 2.49. The number of alkyl halides is 3. The zero-order valence-electron chi connectivity index (χ0n) is 8.88. The number of carbonyl (C=O) groups excluding carboxylic acids is 1. The molecule has 0 heterocycles. The summed E-state index contributed by atoms with van der Waals surface area (Å²) < 4.78 is -1.26. The highest BCUT2D eigenvalue weighted by molar-refractivity contribution is 9.10. The van der Waals surface area contributed by atoms with Gasteiger partial charge in [-0.05, 0) is 24.6 Å². The van der Waals surface area contributed by atoms with Crippen LogP contribution in [0, 0.1) is 0 Å². The van der Waals surface area contributed by atoms with Crippen LogP contribution in [0.3, 0.4) is 0 Å². The molecular weight excluding hydrogens is 350 g/mol. The second kappa shape index (κ2) is 5.45. The molecule has 0 saturated carbocycles. The van der Waals surface area contributed by atoms with Crippen LogP contribution >= 0.6 is 50.7 Å². The predicted octanol–water partition coefficient (Wildman–Crippen LogP) is 3.99. The van der Waals surface area contributed by atoms with Crippen molar-refractivity contribution in [2.45, 2.75) is 22.7 Å². The monoisotopic (exact) mass is 358 g/mol. The second-order valence-corrected chi connectivity index (χ2v) is 6.94. The summed E-state index contributed by atoms with van der Waals surface area (Å²) in [5.41, 5.74) is -1.46. The fourth-order valence-electron chi connectivity index (χ4n) is 1.47. The number of carbonyl (C=O) groups is 1. The summed E-state index contributed by atoms with van der Waals surface area (Å²) in [6.07, 6.45) is -0.264. The van der Waals surface area contributed by atoms with Crippen LogP contribution in [0.5, 0.6) is 0 Å². The molecule has 0 fully saturated rings. The molecule has 0 aliphatic carbocycles. The van der Waals surface area contributed by atoms with E-state index in [2.05, 4.69) is 15.9 Å². The van der Waals surface area contributed by atoms with E-state index >= 15 is 0 Å². The van der Waals surface area contributed by atoms with Crippen molar-refractivity contribution in [1.29, 1.82) is 0 Å². The molecule has 1 aromatic carbocycles. The summed E-state index contributed by atoms with van der Waals surface area (Å²) in [5, 5.41) is 10.5. The van der Waals surface area contributed by atoms with E-state index in [1.807, 2.05) is 0 Å². The van der Waals surface area contributed by atoms with Crippen molar-refractivity contribution in [2.75, 3.05) is 0 Å². The number of ketones is 1.